The zero-order valence-corrected chi connectivity index (χ0v) is 18.8. The highest BCUT2D eigenvalue weighted by molar-refractivity contribution is 9.10. The van der Waals surface area contributed by atoms with Crippen LogP contribution in [0.3, 0.4) is 0 Å². The first-order chi connectivity index (χ1) is 14.5. The number of nitrogens with zero attached hydrogens (tertiary/aromatic N) is 1. The molecule has 0 atom stereocenters. The maximum Gasteiger partial charge on any atom is 0.264 e. The van der Waals surface area contributed by atoms with Gasteiger partial charge in [0.2, 0.25) is 0 Å². The predicted molar refractivity (Wildman–Crippen MR) is 127 cm³/mol. The molecule has 0 spiro atoms. The lowest BCUT2D eigenvalue weighted by atomic mass is 10.2. The van der Waals surface area contributed by atoms with Gasteiger partial charge in [-0.15, -0.1) is 0 Å². The van der Waals surface area contributed by atoms with E-state index in [9.17, 15) is 4.79 Å². The van der Waals surface area contributed by atoms with Gasteiger partial charge in [0.25, 0.3) is 5.91 Å². The van der Waals surface area contributed by atoms with Crippen molar-refractivity contribution in [3.05, 3.63) is 98.3 Å². The lowest BCUT2D eigenvalue weighted by molar-refractivity contribution is -0.115. The van der Waals surface area contributed by atoms with E-state index >= 15 is 0 Å². The maximum absolute atomic E-state index is 12.3. The summed E-state index contributed by atoms with van der Waals surface area (Å²) in [5.74, 6) is 0.604. The molecule has 1 aliphatic heterocycles. The summed E-state index contributed by atoms with van der Waals surface area (Å²) in [7, 11) is 0. The topological polar surface area (TPSA) is 50.7 Å². The predicted octanol–water partition coefficient (Wildman–Crippen LogP) is 6.57. The SMILES string of the molecule is O=C1NC(=Nc2ccc(Br)cc2)S/C1=C\c1ccc(OCc2ccc(Cl)cc2)cc1. The van der Waals surface area contributed by atoms with Crippen molar-refractivity contribution in [3.8, 4) is 5.75 Å². The number of halogens is 2. The first kappa shape index (κ1) is 20.7. The summed E-state index contributed by atoms with van der Waals surface area (Å²) >= 11 is 10.6. The summed E-state index contributed by atoms with van der Waals surface area (Å²) in [6.45, 7) is 0.464. The van der Waals surface area contributed by atoms with Crippen LogP contribution in [0.5, 0.6) is 5.75 Å². The van der Waals surface area contributed by atoms with Crippen molar-refractivity contribution in [2.75, 3.05) is 0 Å². The summed E-state index contributed by atoms with van der Waals surface area (Å²) < 4.78 is 6.78. The molecule has 4 nitrogen and oxygen atoms in total. The number of carbonyl (C=O) groups excluding carboxylic acids is 1. The van der Waals surface area contributed by atoms with Crippen molar-refractivity contribution in [3.63, 3.8) is 0 Å². The first-order valence-corrected chi connectivity index (χ1v) is 11.1. The van der Waals surface area contributed by atoms with Gasteiger partial charge in [0.15, 0.2) is 5.17 Å². The fraction of sp³-hybridized carbons (Fsp3) is 0.0435. The Hall–Kier alpha value is -2.54. The van der Waals surface area contributed by atoms with E-state index in [4.69, 9.17) is 16.3 Å². The summed E-state index contributed by atoms with van der Waals surface area (Å²) in [4.78, 5) is 17.3. The second-order valence-corrected chi connectivity index (χ2v) is 8.83. The minimum absolute atomic E-state index is 0.154. The molecule has 0 aromatic heterocycles. The molecule has 3 aromatic carbocycles. The smallest absolute Gasteiger partial charge is 0.264 e. The number of benzene rings is 3. The van der Waals surface area contributed by atoms with E-state index in [0.29, 0.717) is 21.7 Å². The van der Waals surface area contributed by atoms with Crippen LogP contribution < -0.4 is 10.1 Å². The number of thioether (sulfide) groups is 1. The molecule has 0 unspecified atom stereocenters. The van der Waals surface area contributed by atoms with E-state index in [0.717, 1.165) is 27.0 Å². The number of rotatable bonds is 5. The summed E-state index contributed by atoms with van der Waals surface area (Å²) in [6.07, 6.45) is 1.84. The molecular weight excluding hydrogens is 484 g/mol. The highest BCUT2D eigenvalue weighted by Gasteiger charge is 2.23. The normalized spacial score (nSPS) is 16.1. The van der Waals surface area contributed by atoms with Crippen LogP contribution in [0.15, 0.2) is 87.2 Å². The minimum Gasteiger partial charge on any atom is -0.489 e. The lowest BCUT2D eigenvalue weighted by Gasteiger charge is -2.06. The maximum atomic E-state index is 12.3. The Kier molecular flexibility index (Phi) is 6.57. The largest absolute Gasteiger partial charge is 0.489 e. The molecule has 0 bridgehead atoms. The number of carbonyl (C=O) groups is 1. The second kappa shape index (κ2) is 9.51. The summed E-state index contributed by atoms with van der Waals surface area (Å²) in [6, 6.07) is 22.7. The quantitative estimate of drug-likeness (QED) is 0.404. The van der Waals surface area contributed by atoms with Gasteiger partial charge in [-0.3, -0.25) is 4.79 Å². The zero-order valence-electron chi connectivity index (χ0n) is 15.6. The van der Waals surface area contributed by atoms with Gasteiger partial charge >= 0.3 is 0 Å². The molecule has 150 valence electrons. The standard InChI is InChI=1S/C23H16BrClN2O2S/c24-17-5-9-19(10-6-17)26-23-27-22(28)21(30-23)13-15-3-11-20(12-4-15)29-14-16-1-7-18(25)8-2-16/h1-13H,14H2,(H,26,27,28)/b21-13-. The van der Waals surface area contributed by atoms with Gasteiger partial charge in [-0.1, -0.05) is 51.8 Å². The van der Waals surface area contributed by atoms with Crippen molar-refractivity contribution in [2.24, 2.45) is 4.99 Å². The van der Waals surface area contributed by atoms with Crippen molar-refractivity contribution in [1.29, 1.82) is 0 Å². The van der Waals surface area contributed by atoms with Crippen molar-refractivity contribution < 1.29 is 9.53 Å². The van der Waals surface area contributed by atoms with E-state index in [1.54, 1.807) is 0 Å². The molecule has 4 rings (SSSR count). The molecule has 1 aliphatic rings. The Balaban J connectivity index is 1.39. The molecule has 7 heteroatoms. The second-order valence-electron chi connectivity index (χ2n) is 6.44. The fourth-order valence-electron chi connectivity index (χ4n) is 2.67. The van der Waals surface area contributed by atoms with Gasteiger partial charge in [0, 0.05) is 9.50 Å². The van der Waals surface area contributed by atoms with Gasteiger partial charge in [0.1, 0.15) is 12.4 Å². The van der Waals surface area contributed by atoms with Gasteiger partial charge in [-0.05, 0) is 77.5 Å². The van der Waals surface area contributed by atoms with E-state index in [-0.39, 0.29) is 5.91 Å². The lowest BCUT2D eigenvalue weighted by Crippen LogP contribution is -2.19. The van der Waals surface area contributed by atoms with Crippen LogP contribution in [-0.2, 0) is 11.4 Å². The fourth-order valence-corrected chi connectivity index (χ4v) is 3.90. The van der Waals surface area contributed by atoms with Gasteiger partial charge < -0.3 is 10.1 Å². The third kappa shape index (κ3) is 5.53. The van der Waals surface area contributed by atoms with Crippen molar-refractivity contribution in [1.82, 2.24) is 5.32 Å². The molecule has 30 heavy (non-hydrogen) atoms. The number of hydrogen-bond donors (Lipinski definition) is 1. The van der Waals surface area contributed by atoms with Crippen LogP contribution in [0, 0.1) is 0 Å². The van der Waals surface area contributed by atoms with Crippen molar-refractivity contribution >= 4 is 62.1 Å². The summed E-state index contributed by atoms with van der Waals surface area (Å²) in [5, 5.41) is 4.07. The number of amidine groups is 1. The Morgan fingerprint density at radius 1 is 1.00 bits per heavy atom. The van der Waals surface area contributed by atoms with E-state index in [1.807, 2.05) is 78.9 Å². The molecule has 1 saturated heterocycles. The minimum atomic E-state index is -0.154. The van der Waals surface area contributed by atoms with Crippen LogP contribution in [0.1, 0.15) is 11.1 Å². The van der Waals surface area contributed by atoms with E-state index < -0.39 is 0 Å². The number of nitrogens with one attached hydrogen (secondary N) is 1. The first-order valence-electron chi connectivity index (χ1n) is 9.08. The molecule has 1 N–H and O–H groups in total. The average Bonchev–Trinajstić information content (AvgIpc) is 3.09. The molecule has 1 heterocycles. The average molecular weight is 500 g/mol. The number of amides is 1. The number of aliphatic imine (C=N–C) groups is 1. The molecule has 0 radical (unpaired) electrons. The Labute approximate surface area is 192 Å². The Morgan fingerprint density at radius 3 is 2.40 bits per heavy atom. The molecule has 1 amide bonds. The Morgan fingerprint density at radius 2 is 1.70 bits per heavy atom. The zero-order chi connectivity index (χ0) is 20.9. The number of hydrogen-bond acceptors (Lipinski definition) is 4. The highest BCUT2D eigenvalue weighted by Crippen LogP contribution is 2.29. The van der Waals surface area contributed by atoms with Gasteiger partial charge in [-0.25, -0.2) is 4.99 Å². The number of ether oxygens (including phenoxy) is 1. The van der Waals surface area contributed by atoms with E-state index in [2.05, 4.69) is 26.2 Å². The Bertz CT molecular complexity index is 1110. The van der Waals surface area contributed by atoms with Crippen LogP contribution in [-0.4, -0.2) is 11.1 Å². The molecular formula is C23H16BrClN2O2S. The van der Waals surface area contributed by atoms with Crippen LogP contribution in [0.4, 0.5) is 5.69 Å². The third-order valence-corrected chi connectivity index (χ3v) is 5.90. The summed E-state index contributed by atoms with van der Waals surface area (Å²) in [5.41, 5.74) is 2.74. The van der Waals surface area contributed by atoms with Crippen LogP contribution in [0.25, 0.3) is 6.08 Å². The monoisotopic (exact) mass is 498 g/mol. The van der Waals surface area contributed by atoms with Crippen LogP contribution >= 0.6 is 39.3 Å². The third-order valence-electron chi connectivity index (χ3n) is 4.20. The van der Waals surface area contributed by atoms with Gasteiger partial charge in [-0.2, -0.15) is 0 Å². The van der Waals surface area contributed by atoms with E-state index in [1.165, 1.54) is 11.8 Å². The highest BCUT2D eigenvalue weighted by atomic mass is 79.9. The van der Waals surface area contributed by atoms with Gasteiger partial charge in [0.05, 0.1) is 10.6 Å². The molecule has 3 aromatic rings. The van der Waals surface area contributed by atoms with Crippen LogP contribution in [0.2, 0.25) is 5.02 Å². The van der Waals surface area contributed by atoms with Crippen molar-refractivity contribution in [2.45, 2.75) is 6.61 Å². The molecule has 1 fully saturated rings. The molecule has 0 saturated carbocycles. The molecule has 0 aliphatic carbocycles.